The summed E-state index contributed by atoms with van der Waals surface area (Å²) in [7, 11) is 3.20. The van der Waals surface area contributed by atoms with Crippen molar-refractivity contribution in [3.63, 3.8) is 0 Å². The van der Waals surface area contributed by atoms with Crippen LogP contribution in [0.4, 0.5) is 0 Å². The Morgan fingerprint density at radius 3 is 2.17 bits per heavy atom. The Morgan fingerprint density at radius 1 is 1.33 bits per heavy atom. The van der Waals surface area contributed by atoms with Crippen LogP contribution in [0.3, 0.4) is 0 Å². The van der Waals surface area contributed by atoms with Crippen molar-refractivity contribution in [3.05, 3.63) is 0 Å². The number of amides is 1. The van der Waals surface area contributed by atoms with Crippen molar-refractivity contribution in [2.45, 2.75) is 26.4 Å². The lowest BCUT2D eigenvalue weighted by molar-refractivity contribution is -0.151. The van der Waals surface area contributed by atoms with Crippen molar-refractivity contribution in [1.82, 2.24) is 4.90 Å². The molecule has 0 N–H and O–H groups in total. The van der Waals surface area contributed by atoms with Gasteiger partial charge in [0.25, 0.3) is 0 Å². The zero-order valence-electron chi connectivity index (χ0n) is 7.96. The molecule has 0 saturated heterocycles. The molecule has 4 nitrogen and oxygen atoms in total. The average Bonchev–Trinajstić information content (AvgIpc) is 1.84. The van der Waals surface area contributed by atoms with Gasteiger partial charge in [-0.1, -0.05) is 0 Å². The van der Waals surface area contributed by atoms with Gasteiger partial charge in [-0.2, -0.15) is 0 Å². The number of hydrogen-bond acceptors (Lipinski definition) is 3. The summed E-state index contributed by atoms with van der Waals surface area (Å²) in [5, 5.41) is 0. The first-order valence-corrected chi connectivity index (χ1v) is 3.83. The van der Waals surface area contributed by atoms with Crippen LogP contribution in [0, 0.1) is 0 Å². The Hall–Kier alpha value is -1.06. The summed E-state index contributed by atoms with van der Waals surface area (Å²) in [5.74, 6) is -0.704. The molecule has 0 spiro atoms. The molecule has 0 aromatic heterocycles. The first-order valence-electron chi connectivity index (χ1n) is 3.83. The number of hydrogen-bond donors (Lipinski definition) is 0. The SMILES string of the molecule is CC(C)OC(=O)CC(=O)N(C)C. The molecule has 70 valence electrons. The topological polar surface area (TPSA) is 46.6 Å². The Bertz CT molecular complexity index is 175. The van der Waals surface area contributed by atoms with Gasteiger partial charge in [-0.25, -0.2) is 0 Å². The molecule has 1 amide bonds. The number of nitrogens with zero attached hydrogens (tertiary/aromatic N) is 1. The Balaban J connectivity index is 3.77. The lowest BCUT2D eigenvalue weighted by Crippen LogP contribution is -2.26. The zero-order chi connectivity index (χ0) is 9.72. The summed E-state index contributed by atoms with van der Waals surface area (Å²) in [6.45, 7) is 3.50. The van der Waals surface area contributed by atoms with Crippen LogP contribution in [0.25, 0.3) is 0 Å². The fourth-order valence-corrected chi connectivity index (χ4v) is 0.586. The van der Waals surface area contributed by atoms with E-state index in [1.54, 1.807) is 27.9 Å². The maximum absolute atomic E-state index is 11.0. The maximum Gasteiger partial charge on any atom is 0.315 e. The van der Waals surface area contributed by atoms with Crippen LogP contribution < -0.4 is 0 Å². The van der Waals surface area contributed by atoms with E-state index in [9.17, 15) is 9.59 Å². The molecule has 0 bridgehead atoms. The molecule has 0 aromatic rings. The van der Waals surface area contributed by atoms with E-state index in [2.05, 4.69) is 0 Å². The molecule has 0 radical (unpaired) electrons. The van der Waals surface area contributed by atoms with Crippen molar-refractivity contribution in [2.75, 3.05) is 14.1 Å². The minimum Gasteiger partial charge on any atom is -0.463 e. The first-order chi connectivity index (χ1) is 5.43. The van der Waals surface area contributed by atoms with Gasteiger partial charge < -0.3 is 9.64 Å². The number of carbonyl (C=O) groups is 2. The maximum atomic E-state index is 11.0. The van der Waals surface area contributed by atoms with Gasteiger partial charge >= 0.3 is 5.97 Å². The monoisotopic (exact) mass is 173 g/mol. The average molecular weight is 173 g/mol. The molecule has 0 fully saturated rings. The van der Waals surface area contributed by atoms with E-state index in [-0.39, 0.29) is 18.4 Å². The molecular weight excluding hydrogens is 158 g/mol. The minimum absolute atomic E-state index is 0.160. The molecular formula is C8H15NO3. The third-order valence-corrected chi connectivity index (χ3v) is 1.16. The van der Waals surface area contributed by atoms with Crippen LogP contribution in [0.2, 0.25) is 0 Å². The van der Waals surface area contributed by atoms with Crippen LogP contribution >= 0.6 is 0 Å². The molecule has 0 saturated carbocycles. The molecule has 0 unspecified atom stereocenters. The highest BCUT2D eigenvalue weighted by Gasteiger charge is 2.12. The molecule has 0 aliphatic rings. The number of esters is 1. The van der Waals surface area contributed by atoms with Gasteiger partial charge in [0.15, 0.2) is 0 Å². The van der Waals surface area contributed by atoms with Crippen LogP contribution in [-0.2, 0) is 14.3 Å². The van der Waals surface area contributed by atoms with Crippen LogP contribution in [-0.4, -0.2) is 37.0 Å². The van der Waals surface area contributed by atoms with Gasteiger partial charge in [-0.05, 0) is 13.8 Å². The predicted octanol–water partition coefficient (Wildman–Crippen LogP) is 0.416. The van der Waals surface area contributed by atoms with Crippen LogP contribution in [0.1, 0.15) is 20.3 Å². The van der Waals surface area contributed by atoms with Crippen molar-refractivity contribution in [2.24, 2.45) is 0 Å². The van der Waals surface area contributed by atoms with Gasteiger partial charge in [0.2, 0.25) is 5.91 Å². The Labute approximate surface area is 72.5 Å². The van der Waals surface area contributed by atoms with Gasteiger partial charge in [-0.3, -0.25) is 9.59 Å². The highest BCUT2D eigenvalue weighted by molar-refractivity contribution is 5.94. The van der Waals surface area contributed by atoms with E-state index in [4.69, 9.17) is 4.74 Å². The van der Waals surface area contributed by atoms with E-state index < -0.39 is 5.97 Å². The van der Waals surface area contributed by atoms with Crippen molar-refractivity contribution in [3.8, 4) is 0 Å². The van der Waals surface area contributed by atoms with Crippen LogP contribution in [0.5, 0.6) is 0 Å². The second kappa shape index (κ2) is 4.74. The third kappa shape index (κ3) is 4.71. The number of rotatable bonds is 3. The van der Waals surface area contributed by atoms with Crippen molar-refractivity contribution < 1.29 is 14.3 Å². The van der Waals surface area contributed by atoms with E-state index in [1.807, 2.05) is 0 Å². The van der Waals surface area contributed by atoms with Gasteiger partial charge in [0.05, 0.1) is 6.10 Å². The van der Waals surface area contributed by atoms with Gasteiger partial charge in [-0.15, -0.1) is 0 Å². The fourth-order valence-electron chi connectivity index (χ4n) is 0.586. The van der Waals surface area contributed by atoms with Crippen molar-refractivity contribution in [1.29, 1.82) is 0 Å². The van der Waals surface area contributed by atoms with Crippen molar-refractivity contribution >= 4 is 11.9 Å². The smallest absolute Gasteiger partial charge is 0.315 e. The van der Waals surface area contributed by atoms with Gasteiger partial charge in [0.1, 0.15) is 6.42 Å². The molecule has 4 heteroatoms. The number of carbonyl (C=O) groups excluding carboxylic acids is 2. The Kier molecular flexibility index (Phi) is 4.33. The summed E-state index contributed by atoms with van der Waals surface area (Å²) in [6, 6.07) is 0. The molecule has 12 heavy (non-hydrogen) atoms. The van der Waals surface area contributed by atoms with Gasteiger partial charge in [0, 0.05) is 14.1 Å². The minimum atomic E-state index is -0.469. The third-order valence-electron chi connectivity index (χ3n) is 1.16. The fraction of sp³-hybridized carbons (Fsp3) is 0.750. The second-order valence-corrected chi connectivity index (χ2v) is 3.00. The molecule has 0 aromatic carbocycles. The van der Waals surface area contributed by atoms with E-state index in [1.165, 1.54) is 4.90 Å². The quantitative estimate of drug-likeness (QED) is 0.459. The molecule has 0 aliphatic heterocycles. The summed E-state index contributed by atoms with van der Waals surface area (Å²) in [6.07, 6.45) is -0.335. The Morgan fingerprint density at radius 2 is 1.83 bits per heavy atom. The van der Waals surface area contributed by atoms with E-state index >= 15 is 0 Å². The normalized spacial score (nSPS) is 9.75. The standard InChI is InChI=1S/C8H15NO3/c1-6(2)12-8(11)5-7(10)9(3)4/h6H,5H2,1-4H3. The summed E-state index contributed by atoms with van der Waals surface area (Å²) in [5.41, 5.74) is 0. The molecule has 0 aliphatic carbocycles. The molecule has 0 rings (SSSR count). The first kappa shape index (κ1) is 10.9. The zero-order valence-corrected chi connectivity index (χ0v) is 7.96. The highest BCUT2D eigenvalue weighted by atomic mass is 16.5. The largest absolute Gasteiger partial charge is 0.463 e. The lowest BCUT2D eigenvalue weighted by atomic mass is 10.4. The lowest BCUT2D eigenvalue weighted by Gasteiger charge is -2.11. The molecule has 0 atom stereocenters. The predicted molar refractivity (Wildman–Crippen MR) is 44.5 cm³/mol. The van der Waals surface area contributed by atoms with E-state index in [0.717, 1.165) is 0 Å². The number of ether oxygens (including phenoxy) is 1. The second-order valence-electron chi connectivity index (χ2n) is 3.00. The highest BCUT2D eigenvalue weighted by Crippen LogP contribution is 1.95. The summed E-state index contributed by atoms with van der Waals surface area (Å²) in [4.78, 5) is 23.2. The summed E-state index contributed by atoms with van der Waals surface area (Å²) < 4.78 is 4.78. The molecule has 0 heterocycles. The summed E-state index contributed by atoms with van der Waals surface area (Å²) >= 11 is 0. The van der Waals surface area contributed by atoms with E-state index in [0.29, 0.717) is 0 Å². The van der Waals surface area contributed by atoms with Crippen LogP contribution in [0.15, 0.2) is 0 Å².